The van der Waals surface area contributed by atoms with Crippen LogP contribution in [0.15, 0.2) is 122 Å². The van der Waals surface area contributed by atoms with Gasteiger partial charge in [-0.1, -0.05) is 161 Å². The average molecular weight is 871 g/mol. The van der Waals surface area contributed by atoms with Crippen molar-refractivity contribution < 1.29 is 47.8 Å². The maximum Gasteiger partial charge on any atom is 0.472 e. The molecule has 10 nitrogen and oxygen atoms in total. The van der Waals surface area contributed by atoms with Crippen LogP contribution in [0.25, 0.3) is 0 Å². The topological polar surface area (TPSA) is 149 Å². The Labute approximate surface area is 368 Å². The Morgan fingerprint density at radius 3 is 1.34 bits per heavy atom. The zero-order chi connectivity index (χ0) is 44.8. The summed E-state index contributed by atoms with van der Waals surface area (Å²) >= 11 is 0. The molecule has 0 saturated heterocycles. The standard InChI is InChI=1S/C50H79O10P/c1-3-5-7-9-11-13-15-17-19-21-23-25-27-29-31-33-35-37-39-41-49(53)57-45-48(46-59-61(55,56)58-44-47(52)43-51)60-50(54)42-40-38-36-34-32-30-28-26-24-22-20-18-16-14-12-10-8-6-4-2/h5-8,11-14,17-20,23-26,30,32,36,38,47-48,51-52H,3-4,9-10,15-16,21-22,27-29,31,33-35,37,39-46H2,1-2H3,(H,55,56)/b7-5-,8-6-,13-11-,14-12-,19-17-,20-18-,25-23-,26-24-,32-30-,38-36-. The molecule has 3 unspecified atom stereocenters. The van der Waals surface area contributed by atoms with Crippen molar-refractivity contribution in [2.24, 2.45) is 0 Å². The van der Waals surface area contributed by atoms with E-state index in [9.17, 15) is 24.2 Å². The second-order valence-electron chi connectivity index (χ2n) is 14.3. The number of phosphoric acid groups is 1. The lowest BCUT2D eigenvalue weighted by Crippen LogP contribution is -2.29. The van der Waals surface area contributed by atoms with E-state index in [0.29, 0.717) is 12.8 Å². The van der Waals surface area contributed by atoms with Crippen LogP contribution in [0.5, 0.6) is 0 Å². The third-order valence-electron chi connectivity index (χ3n) is 8.62. The number of hydrogen-bond acceptors (Lipinski definition) is 9. The molecule has 0 rings (SSSR count). The largest absolute Gasteiger partial charge is 0.472 e. The second-order valence-corrected chi connectivity index (χ2v) is 15.8. The van der Waals surface area contributed by atoms with Crippen molar-refractivity contribution in [3.8, 4) is 0 Å². The van der Waals surface area contributed by atoms with Crippen molar-refractivity contribution >= 4 is 19.8 Å². The lowest BCUT2D eigenvalue weighted by Gasteiger charge is -2.20. The maximum atomic E-state index is 12.6. The second kappa shape index (κ2) is 44.4. The fraction of sp³-hybridized carbons (Fsp3) is 0.560. The molecule has 344 valence electrons. The molecule has 61 heavy (non-hydrogen) atoms. The van der Waals surface area contributed by atoms with Crippen molar-refractivity contribution in [3.63, 3.8) is 0 Å². The summed E-state index contributed by atoms with van der Waals surface area (Å²) < 4.78 is 32.7. The van der Waals surface area contributed by atoms with Crippen LogP contribution in [0.2, 0.25) is 0 Å². The molecule has 0 aromatic carbocycles. The normalized spacial score (nSPS) is 14.9. The van der Waals surface area contributed by atoms with E-state index in [1.165, 1.54) is 0 Å². The Morgan fingerprint density at radius 2 is 0.885 bits per heavy atom. The van der Waals surface area contributed by atoms with E-state index in [2.05, 4.69) is 128 Å². The highest BCUT2D eigenvalue weighted by molar-refractivity contribution is 7.47. The third kappa shape index (κ3) is 44.2. The molecular formula is C50H79O10P. The molecule has 0 aliphatic rings. The van der Waals surface area contributed by atoms with Crippen molar-refractivity contribution in [1.82, 2.24) is 0 Å². The van der Waals surface area contributed by atoms with Gasteiger partial charge in [0.1, 0.15) is 12.7 Å². The van der Waals surface area contributed by atoms with E-state index < -0.39 is 51.8 Å². The SMILES string of the molecule is CC/C=C\C/C=C\C/C=C\C/C=C\C/C=C\C/C=C\CCC(=O)OC(COC(=O)CCCCCCCC/C=C\C/C=C\C/C=C\C/C=C\CC)COP(=O)(O)OCC(O)CO. The van der Waals surface area contributed by atoms with E-state index in [-0.39, 0.29) is 19.4 Å². The minimum absolute atomic E-state index is 0.0477. The monoisotopic (exact) mass is 871 g/mol. The number of rotatable bonds is 40. The van der Waals surface area contributed by atoms with Gasteiger partial charge in [0, 0.05) is 12.8 Å². The van der Waals surface area contributed by atoms with Gasteiger partial charge in [0.15, 0.2) is 6.10 Å². The van der Waals surface area contributed by atoms with E-state index in [1.54, 1.807) is 0 Å². The highest BCUT2D eigenvalue weighted by atomic mass is 31.2. The Morgan fingerprint density at radius 1 is 0.492 bits per heavy atom. The number of unbranched alkanes of at least 4 members (excludes halogenated alkanes) is 6. The van der Waals surface area contributed by atoms with Gasteiger partial charge in [-0.05, 0) is 89.9 Å². The number of phosphoric ester groups is 1. The minimum atomic E-state index is -4.65. The molecule has 0 fully saturated rings. The third-order valence-corrected chi connectivity index (χ3v) is 9.58. The van der Waals surface area contributed by atoms with Crippen LogP contribution in [0.3, 0.4) is 0 Å². The summed E-state index contributed by atoms with van der Waals surface area (Å²) in [5.41, 5.74) is 0. The molecule has 0 saturated carbocycles. The molecule has 0 heterocycles. The van der Waals surface area contributed by atoms with Crippen LogP contribution in [-0.4, -0.2) is 65.7 Å². The number of aliphatic hydroxyl groups excluding tert-OH is 2. The first-order valence-corrected chi connectivity index (χ1v) is 24.0. The highest BCUT2D eigenvalue weighted by Crippen LogP contribution is 2.43. The summed E-state index contributed by atoms with van der Waals surface area (Å²) in [6.07, 6.45) is 57.5. The van der Waals surface area contributed by atoms with Gasteiger partial charge in [0.25, 0.3) is 0 Å². The number of carbonyl (C=O) groups excluding carboxylic acids is 2. The molecule has 0 amide bonds. The quantitative estimate of drug-likeness (QED) is 0.0235. The highest BCUT2D eigenvalue weighted by Gasteiger charge is 2.27. The maximum absolute atomic E-state index is 12.6. The van der Waals surface area contributed by atoms with Gasteiger partial charge in [-0.3, -0.25) is 18.6 Å². The first-order chi connectivity index (χ1) is 29.7. The average Bonchev–Trinajstić information content (AvgIpc) is 3.25. The van der Waals surface area contributed by atoms with Crippen molar-refractivity contribution in [3.05, 3.63) is 122 Å². The lowest BCUT2D eigenvalue weighted by atomic mass is 10.1. The number of aliphatic hydroxyl groups is 2. The van der Waals surface area contributed by atoms with E-state index in [4.69, 9.17) is 19.1 Å². The molecule has 0 bridgehead atoms. The Balaban J connectivity index is 4.45. The molecule has 3 N–H and O–H groups in total. The summed E-state index contributed by atoms with van der Waals surface area (Å²) in [4.78, 5) is 35.0. The van der Waals surface area contributed by atoms with Crippen LogP contribution in [0.4, 0.5) is 0 Å². The predicted octanol–water partition coefficient (Wildman–Crippen LogP) is 12.3. The number of allylic oxidation sites excluding steroid dienone is 20. The molecule has 0 spiro atoms. The fourth-order valence-electron chi connectivity index (χ4n) is 5.24. The predicted molar refractivity (Wildman–Crippen MR) is 251 cm³/mol. The fourth-order valence-corrected chi connectivity index (χ4v) is 6.03. The first kappa shape index (κ1) is 57.4. The number of carbonyl (C=O) groups is 2. The Kier molecular flexibility index (Phi) is 41.8. The van der Waals surface area contributed by atoms with Crippen LogP contribution >= 0.6 is 7.82 Å². The summed E-state index contributed by atoms with van der Waals surface area (Å²) in [6.45, 7) is 2.02. The molecule has 0 radical (unpaired) electrons. The molecule has 3 atom stereocenters. The minimum Gasteiger partial charge on any atom is -0.462 e. The van der Waals surface area contributed by atoms with Gasteiger partial charge >= 0.3 is 19.8 Å². The molecule has 0 aliphatic carbocycles. The number of ether oxygens (including phenoxy) is 2. The summed E-state index contributed by atoms with van der Waals surface area (Å²) in [5.74, 6) is -1.05. The summed E-state index contributed by atoms with van der Waals surface area (Å²) in [5, 5.41) is 18.4. The summed E-state index contributed by atoms with van der Waals surface area (Å²) in [7, 11) is -4.65. The van der Waals surface area contributed by atoms with E-state index in [1.807, 2.05) is 12.2 Å². The Hall–Kier alpha value is -3.63. The van der Waals surface area contributed by atoms with Gasteiger partial charge in [-0.15, -0.1) is 0 Å². The van der Waals surface area contributed by atoms with E-state index >= 15 is 0 Å². The zero-order valence-electron chi connectivity index (χ0n) is 37.3. The van der Waals surface area contributed by atoms with Gasteiger partial charge in [0.05, 0.1) is 19.8 Å². The number of esters is 2. The lowest BCUT2D eigenvalue weighted by molar-refractivity contribution is -0.161. The smallest absolute Gasteiger partial charge is 0.462 e. The van der Waals surface area contributed by atoms with Crippen molar-refractivity contribution in [2.75, 3.05) is 26.4 Å². The van der Waals surface area contributed by atoms with Crippen LogP contribution < -0.4 is 0 Å². The first-order valence-electron chi connectivity index (χ1n) is 22.5. The van der Waals surface area contributed by atoms with Crippen molar-refractivity contribution in [2.45, 2.75) is 154 Å². The van der Waals surface area contributed by atoms with Crippen LogP contribution in [-0.2, 0) is 32.7 Å². The molecule has 0 aromatic heterocycles. The molecule has 0 aromatic rings. The molecule has 0 aliphatic heterocycles. The Bertz CT molecular complexity index is 1420. The van der Waals surface area contributed by atoms with Crippen LogP contribution in [0, 0.1) is 0 Å². The van der Waals surface area contributed by atoms with E-state index in [0.717, 1.165) is 103 Å². The van der Waals surface area contributed by atoms with Gasteiger partial charge in [0.2, 0.25) is 0 Å². The van der Waals surface area contributed by atoms with Gasteiger partial charge < -0.3 is 24.6 Å². The molecule has 11 heteroatoms. The summed E-state index contributed by atoms with van der Waals surface area (Å²) in [6, 6.07) is 0. The zero-order valence-corrected chi connectivity index (χ0v) is 38.2. The van der Waals surface area contributed by atoms with Crippen LogP contribution in [0.1, 0.15) is 142 Å². The van der Waals surface area contributed by atoms with Gasteiger partial charge in [-0.2, -0.15) is 0 Å². The molecular weight excluding hydrogens is 792 g/mol. The number of hydrogen-bond donors (Lipinski definition) is 3. The van der Waals surface area contributed by atoms with Gasteiger partial charge in [-0.25, -0.2) is 4.57 Å². The van der Waals surface area contributed by atoms with Crippen molar-refractivity contribution in [1.29, 1.82) is 0 Å².